The molecule has 0 radical (unpaired) electrons. The molecule has 2 aromatic rings. The molecule has 1 aromatic carbocycles. The number of aromatic carboxylic acids is 1. The summed E-state index contributed by atoms with van der Waals surface area (Å²) in [5, 5.41) is 7.28. The van der Waals surface area contributed by atoms with E-state index in [4.69, 9.17) is 39.9 Å². The van der Waals surface area contributed by atoms with Crippen LogP contribution in [0.25, 0.3) is 11.1 Å². The van der Waals surface area contributed by atoms with Crippen molar-refractivity contribution in [2.24, 2.45) is 7.05 Å². The van der Waals surface area contributed by atoms with E-state index in [1.54, 1.807) is 0 Å². The minimum absolute atomic E-state index is 0.405. The molecule has 0 unspecified atom stereocenters. The fourth-order valence-corrected chi connectivity index (χ4v) is 3.06. The smallest absolute Gasteiger partial charge is 0.432 e. The van der Waals surface area contributed by atoms with Crippen LogP contribution < -0.4 is 0 Å². The average molecular weight is 391 g/mol. The van der Waals surface area contributed by atoms with Crippen molar-refractivity contribution < 1.29 is 27.5 Å². The highest BCUT2D eigenvalue weighted by atomic mass is 35.5. The maximum atomic E-state index is 14.1. The Morgan fingerprint density at radius 2 is 1.78 bits per heavy atom. The monoisotopic (exact) mass is 389 g/mol. The van der Waals surface area contributed by atoms with Crippen LogP contribution in [0.1, 0.15) is 16.1 Å². The van der Waals surface area contributed by atoms with Gasteiger partial charge in [0.05, 0.1) is 15.6 Å². The maximum absolute atomic E-state index is 14.1. The molecular weight excluding hydrogens is 384 g/mol. The number of carboxylic acid groups (broad SMARTS) is 1. The van der Waals surface area contributed by atoms with Gasteiger partial charge in [0.2, 0.25) is 0 Å². The van der Waals surface area contributed by atoms with E-state index in [0.29, 0.717) is 10.6 Å². The lowest BCUT2D eigenvalue weighted by molar-refractivity contribution is -0.142. The van der Waals surface area contributed by atoms with Gasteiger partial charge in [0.15, 0.2) is 0 Å². The Morgan fingerprint density at radius 1 is 1.22 bits per heavy atom. The van der Waals surface area contributed by atoms with Gasteiger partial charge in [-0.15, -0.1) is 0 Å². The van der Waals surface area contributed by atoms with Crippen LogP contribution in [0.4, 0.5) is 17.6 Å². The van der Waals surface area contributed by atoms with Crippen LogP contribution in [0.15, 0.2) is 12.1 Å². The first-order valence-electron chi connectivity index (χ1n) is 5.80. The van der Waals surface area contributed by atoms with Gasteiger partial charge in [-0.25, -0.2) is 9.18 Å². The Hall–Kier alpha value is -1.44. The number of alkyl halides is 3. The van der Waals surface area contributed by atoms with E-state index >= 15 is 0 Å². The third-order valence-corrected chi connectivity index (χ3v) is 4.21. The first-order valence-corrected chi connectivity index (χ1v) is 6.93. The first-order chi connectivity index (χ1) is 10.5. The highest BCUT2D eigenvalue weighted by molar-refractivity contribution is 6.40. The molecule has 0 fully saturated rings. The van der Waals surface area contributed by atoms with Gasteiger partial charge in [-0.05, 0) is 12.1 Å². The van der Waals surface area contributed by atoms with Crippen LogP contribution in [0, 0.1) is 5.82 Å². The second-order valence-electron chi connectivity index (χ2n) is 4.50. The minimum atomic E-state index is -4.83. The van der Waals surface area contributed by atoms with Crippen molar-refractivity contribution in [2.75, 3.05) is 0 Å². The van der Waals surface area contributed by atoms with Crippen molar-refractivity contribution >= 4 is 40.8 Å². The molecule has 0 aliphatic carbocycles. The van der Waals surface area contributed by atoms with Gasteiger partial charge in [0, 0.05) is 18.2 Å². The van der Waals surface area contributed by atoms with Crippen LogP contribution in [0.3, 0.4) is 0 Å². The summed E-state index contributed by atoms with van der Waals surface area (Å²) in [7, 11) is 1.01. The minimum Gasteiger partial charge on any atom is -0.478 e. The summed E-state index contributed by atoms with van der Waals surface area (Å²) in [6.45, 7) is 0. The van der Waals surface area contributed by atoms with Crippen molar-refractivity contribution in [3.63, 3.8) is 0 Å². The fourth-order valence-electron chi connectivity index (χ4n) is 2.07. The Bertz CT molecular complexity index is 815. The number of halogens is 7. The number of carbonyl (C=O) groups is 1. The molecular formula is C13H6Cl3F4NO2. The van der Waals surface area contributed by atoms with Crippen molar-refractivity contribution in [2.45, 2.75) is 6.18 Å². The van der Waals surface area contributed by atoms with Crippen molar-refractivity contribution in [1.82, 2.24) is 4.57 Å². The topological polar surface area (TPSA) is 42.2 Å². The molecule has 23 heavy (non-hydrogen) atoms. The van der Waals surface area contributed by atoms with Crippen LogP contribution in [-0.2, 0) is 13.2 Å². The molecule has 0 amide bonds. The Kier molecular flexibility index (Phi) is 4.58. The molecule has 0 atom stereocenters. The fraction of sp³-hybridized carbons (Fsp3) is 0.154. The molecule has 0 bridgehead atoms. The van der Waals surface area contributed by atoms with E-state index < -0.39 is 55.5 Å². The second-order valence-corrected chi connectivity index (χ2v) is 5.65. The molecule has 1 N–H and O–H groups in total. The van der Waals surface area contributed by atoms with Gasteiger partial charge < -0.3 is 9.67 Å². The van der Waals surface area contributed by atoms with E-state index in [1.807, 2.05) is 0 Å². The molecule has 2 rings (SSSR count). The molecule has 124 valence electrons. The number of benzene rings is 1. The van der Waals surface area contributed by atoms with Gasteiger partial charge in [-0.2, -0.15) is 13.2 Å². The van der Waals surface area contributed by atoms with Crippen LogP contribution >= 0.6 is 34.8 Å². The molecule has 1 aromatic heterocycles. The van der Waals surface area contributed by atoms with E-state index in [2.05, 4.69) is 0 Å². The van der Waals surface area contributed by atoms with Crippen LogP contribution in [0.5, 0.6) is 0 Å². The number of nitrogens with zero attached hydrogens (tertiary/aromatic N) is 1. The quantitative estimate of drug-likeness (QED) is 0.687. The van der Waals surface area contributed by atoms with Crippen molar-refractivity contribution in [3.05, 3.63) is 44.4 Å². The summed E-state index contributed by atoms with van der Waals surface area (Å²) in [4.78, 5) is 11.1. The van der Waals surface area contributed by atoms with E-state index in [9.17, 15) is 22.4 Å². The first kappa shape index (κ1) is 17.9. The predicted octanol–water partition coefficient (Wildman–Crippen LogP) is 5.51. The molecule has 0 saturated heterocycles. The van der Waals surface area contributed by atoms with Gasteiger partial charge in [0.25, 0.3) is 0 Å². The van der Waals surface area contributed by atoms with E-state index in [-0.39, 0.29) is 0 Å². The Morgan fingerprint density at radius 3 is 2.22 bits per heavy atom. The van der Waals surface area contributed by atoms with Gasteiger partial charge in [-0.1, -0.05) is 34.8 Å². The summed E-state index contributed by atoms with van der Waals surface area (Å²) in [5.41, 5.74) is -2.72. The molecule has 0 aliphatic rings. The van der Waals surface area contributed by atoms with Gasteiger partial charge in [-0.3, -0.25) is 0 Å². The van der Waals surface area contributed by atoms with Gasteiger partial charge >= 0.3 is 12.1 Å². The van der Waals surface area contributed by atoms with E-state index in [1.165, 1.54) is 0 Å². The molecule has 0 spiro atoms. The average Bonchev–Trinajstić information content (AvgIpc) is 2.60. The van der Waals surface area contributed by atoms with E-state index in [0.717, 1.165) is 13.1 Å². The summed E-state index contributed by atoms with van der Waals surface area (Å²) < 4.78 is 53.7. The largest absolute Gasteiger partial charge is 0.478 e. The lowest BCUT2D eigenvalue weighted by Crippen LogP contribution is -2.11. The van der Waals surface area contributed by atoms with Gasteiger partial charge in [0.1, 0.15) is 16.7 Å². The van der Waals surface area contributed by atoms with Crippen molar-refractivity contribution in [1.29, 1.82) is 0 Å². The zero-order chi connectivity index (χ0) is 17.7. The van der Waals surface area contributed by atoms with Crippen LogP contribution in [0.2, 0.25) is 15.2 Å². The molecule has 0 saturated carbocycles. The highest BCUT2D eigenvalue weighted by Crippen LogP contribution is 2.46. The summed E-state index contributed by atoms with van der Waals surface area (Å²) in [6, 6.07) is 1.46. The molecule has 3 nitrogen and oxygen atoms in total. The predicted molar refractivity (Wildman–Crippen MR) is 77.8 cm³/mol. The zero-order valence-corrected chi connectivity index (χ0v) is 13.4. The maximum Gasteiger partial charge on any atom is 0.432 e. The highest BCUT2D eigenvalue weighted by Gasteiger charge is 2.40. The van der Waals surface area contributed by atoms with Crippen molar-refractivity contribution in [3.8, 4) is 11.1 Å². The molecule has 10 heteroatoms. The Balaban J connectivity index is 2.84. The second kappa shape index (κ2) is 5.89. The number of hydrogen-bond donors (Lipinski definition) is 1. The number of rotatable bonds is 2. The zero-order valence-electron chi connectivity index (χ0n) is 11.1. The lowest BCUT2D eigenvalue weighted by Gasteiger charge is -2.08. The number of carboxylic acids is 1. The summed E-state index contributed by atoms with van der Waals surface area (Å²) in [6.07, 6.45) is -4.83. The Labute approximate surface area is 142 Å². The number of aromatic nitrogens is 1. The third kappa shape index (κ3) is 3.00. The molecule has 0 aliphatic heterocycles. The SMILES string of the molecule is Cn1c(Cl)c(-c2cc(C(=O)O)c(Cl)cc2F)c(Cl)c1C(F)(F)F. The standard InChI is InChI=1S/C13H6Cl3F4NO2/c1-21-10(13(18,19)20)9(15)8(11(21)16)5-2-4(12(22)23)6(14)3-7(5)17/h2-3H,1H3,(H,22,23). The normalized spacial score (nSPS) is 11.8. The number of hydrogen-bond acceptors (Lipinski definition) is 1. The van der Waals surface area contributed by atoms with Crippen LogP contribution in [-0.4, -0.2) is 15.6 Å². The lowest BCUT2D eigenvalue weighted by atomic mass is 10.0. The summed E-state index contributed by atoms with van der Waals surface area (Å²) in [5.74, 6) is -2.53. The molecule has 1 heterocycles. The summed E-state index contributed by atoms with van der Waals surface area (Å²) >= 11 is 17.2. The third-order valence-electron chi connectivity index (χ3n) is 3.09.